The van der Waals surface area contributed by atoms with Crippen LogP contribution in [0, 0.1) is 16.0 Å². The average molecular weight is 289 g/mol. The van der Waals surface area contributed by atoms with E-state index in [1.54, 1.807) is 6.07 Å². The molecule has 0 spiro atoms. The molecule has 0 aliphatic heterocycles. The standard InChI is InChI=1S/C15H15NO5/c1-10(17)14(15(18)21-9-11-5-6-11)8-12-3-2-4-13(7-12)16(19)20/h2-4,7-8,11H,5-6,9H2,1H3. The predicted octanol–water partition coefficient (Wildman–Crippen LogP) is 2.52. The lowest BCUT2D eigenvalue weighted by molar-refractivity contribution is -0.384. The Bertz CT molecular complexity index is 616. The molecule has 110 valence electrons. The number of esters is 1. The van der Waals surface area contributed by atoms with E-state index in [0.29, 0.717) is 18.1 Å². The third-order valence-electron chi connectivity index (χ3n) is 3.14. The van der Waals surface area contributed by atoms with Crippen molar-refractivity contribution in [3.8, 4) is 0 Å². The van der Waals surface area contributed by atoms with Crippen LogP contribution in [0.2, 0.25) is 0 Å². The van der Waals surface area contributed by atoms with E-state index in [1.807, 2.05) is 0 Å². The Morgan fingerprint density at radius 2 is 2.14 bits per heavy atom. The largest absolute Gasteiger partial charge is 0.462 e. The highest BCUT2D eigenvalue weighted by molar-refractivity contribution is 6.19. The first-order valence-electron chi connectivity index (χ1n) is 6.61. The van der Waals surface area contributed by atoms with Crippen molar-refractivity contribution < 1.29 is 19.2 Å². The fourth-order valence-corrected chi connectivity index (χ4v) is 1.75. The molecule has 0 heterocycles. The van der Waals surface area contributed by atoms with Crippen molar-refractivity contribution in [2.75, 3.05) is 6.61 Å². The molecule has 21 heavy (non-hydrogen) atoms. The molecule has 0 amide bonds. The topological polar surface area (TPSA) is 86.5 Å². The summed E-state index contributed by atoms with van der Waals surface area (Å²) in [5.74, 6) is -0.705. The van der Waals surface area contributed by atoms with E-state index in [9.17, 15) is 19.7 Å². The van der Waals surface area contributed by atoms with Gasteiger partial charge < -0.3 is 4.74 Å². The molecule has 1 aliphatic carbocycles. The molecular weight excluding hydrogens is 274 g/mol. The Kier molecular flexibility index (Phi) is 4.47. The van der Waals surface area contributed by atoms with Gasteiger partial charge in [0, 0.05) is 12.1 Å². The van der Waals surface area contributed by atoms with Crippen LogP contribution in [0.1, 0.15) is 25.3 Å². The Balaban J connectivity index is 2.19. The molecule has 1 saturated carbocycles. The minimum absolute atomic E-state index is 0.0991. The molecule has 0 N–H and O–H groups in total. The summed E-state index contributed by atoms with van der Waals surface area (Å²) >= 11 is 0. The van der Waals surface area contributed by atoms with Crippen LogP contribution >= 0.6 is 0 Å². The lowest BCUT2D eigenvalue weighted by atomic mass is 10.1. The molecule has 6 heteroatoms. The number of rotatable bonds is 6. The number of nitro benzene ring substituents is 1. The van der Waals surface area contributed by atoms with Crippen molar-refractivity contribution in [2.24, 2.45) is 5.92 Å². The number of ketones is 1. The molecular formula is C15H15NO5. The van der Waals surface area contributed by atoms with Crippen molar-refractivity contribution >= 4 is 23.5 Å². The first kappa shape index (κ1) is 14.9. The molecule has 1 aromatic rings. The summed E-state index contributed by atoms with van der Waals surface area (Å²) in [6.07, 6.45) is 3.40. The monoisotopic (exact) mass is 289 g/mol. The summed E-state index contributed by atoms with van der Waals surface area (Å²) in [6, 6.07) is 5.73. The quantitative estimate of drug-likeness (QED) is 0.200. The number of Topliss-reactive ketones (excluding diaryl/α,β-unsaturated/α-hetero) is 1. The number of benzene rings is 1. The first-order valence-corrected chi connectivity index (χ1v) is 6.61. The molecule has 1 fully saturated rings. The number of nitro groups is 1. The Morgan fingerprint density at radius 1 is 1.43 bits per heavy atom. The number of carbonyl (C=O) groups excluding carboxylic acids is 2. The van der Waals surface area contributed by atoms with Crippen LogP contribution in [0.4, 0.5) is 5.69 Å². The van der Waals surface area contributed by atoms with E-state index >= 15 is 0 Å². The number of hydrogen-bond donors (Lipinski definition) is 0. The van der Waals surface area contributed by atoms with E-state index in [2.05, 4.69) is 0 Å². The molecule has 6 nitrogen and oxygen atoms in total. The van der Waals surface area contributed by atoms with E-state index in [4.69, 9.17) is 4.74 Å². The van der Waals surface area contributed by atoms with Gasteiger partial charge >= 0.3 is 5.97 Å². The second-order valence-corrected chi connectivity index (χ2v) is 5.01. The molecule has 0 atom stereocenters. The fraction of sp³-hybridized carbons (Fsp3) is 0.333. The van der Waals surface area contributed by atoms with Gasteiger partial charge in [-0.25, -0.2) is 4.79 Å². The van der Waals surface area contributed by atoms with Gasteiger partial charge in [0.1, 0.15) is 5.57 Å². The maximum atomic E-state index is 11.9. The number of ether oxygens (including phenoxy) is 1. The van der Waals surface area contributed by atoms with Gasteiger partial charge in [0.05, 0.1) is 11.5 Å². The normalized spacial score (nSPS) is 14.6. The van der Waals surface area contributed by atoms with Gasteiger partial charge in [0.2, 0.25) is 0 Å². The van der Waals surface area contributed by atoms with Gasteiger partial charge in [-0.3, -0.25) is 14.9 Å². The number of hydrogen-bond acceptors (Lipinski definition) is 5. The second-order valence-electron chi connectivity index (χ2n) is 5.01. The van der Waals surface area contributed by atoms with Crippen LogP contribution in [0.15, 0.2) is 29.8 Å². The zero-order valence-electron chi connectivity index (χ0n) is 11.6. The first-order chi connectivity index (χ1) is 9.97. The predicted molar refractivity (Wildman–Crippen MR) is 75.4 cm³/mol. The van der Waals surface area contributed by atoms with Gasteiger partial charge in [0.15, 0.2) is 5.78 Å². The van der Waals surface area contributed by atoms with Gasteiger partial charge in [0.25, 0.3) is 5.69 Å². The minimum Gasteiger partial charge on any atom is -0.462 e. The smallest absolute Gasteiger partial charge is 0.341 e. The minimum atomic E-state index is -0.680. The molecule has 0 saturated heterocycles. The van der Waals surface area contributed by atoms with Crippen molar-refractivity contribution in [1.29, 1.82) is 0 Å². The van der Waals surface area contributed by atoms with E-state index in [0.717, 1.165) is 12.8 Å². The maximum Gasteiger partial charge on any atom is 0.341 e. The lowest BCUT2D eigenvalue weighted by Gasteiger charge is -2.05. The number of nitrogens with zero attached hydrogens (tertiary/aromatic N) is 1. The van der Waals surface area contributed by atoms with Gasteiger partial charge in [-0.15, -0.1) is 0 Å². The molecule has 0 bridgehead atoms. The zero-order chi connectivity index (χ0) is 15.4. The van der Waals surface area contributed by atoms with Crippen LogP contribution in [0.3, 0.4) is 0 Å². The summed E-state index contributed by atoms with van der Waals surface area (Å²) < 4.78 is 5.08. The fourth-order valence-electron chi connectivity index (χ4n) is 1.75. The third-order valence-corrected chi connectivity index (χ3v) is 3.14. The summed E-state index contributed by atoms with van der Waals surface area (Å²) in [5.41, 5.74) is 0.215. The average Bonchev–Trinajstić information content (AvgIpc) is 3.26. The van der Waals surface area contributed by atoms with Crippen LogP contribution in [-0.4, -0.2) is 23.3 Å². The SMILES string of the molecule is CC(=O)C(=Cc1cccc([N+](=O)[O-])c1)C(=O)OCC1CC1. The summed E-state index contributed by atoms with van der Waals surface area (Å²) in [4.78, 5) is 33.6. The van der Waals surface area contributed by atoms with E-state index in [-0.39, 0.29) is 11.3 Å². The van der Waals surface area contributed by atoms with Gasteiger partial charge in [-0.2, -0.15) is 0 Å². The van der Waals surface area contributed by atoms with Crippen molar-refractivity contribution in [3.63, 3.8) is 0 Å². The maximum absolute atomic E-state index is 11.9. The van der Waals surface area contributed by atoms with E-state index < -0.39 is 16.7 Å². The highest BCUT2D eigenvalue weighted by atomic mass is 16.6. The lowest BCUT2D eigenvalue weighted by Crippen LogP contribution is -2.15. The number of carbonyl (C=O) groups is 2. The van der Waals surface area contributed by atoms with Crippen LogP contribution in [0.25, 0.3) is 6.08 Å². The highest BCUT2D eigenvalue weighted by Crippen LogP contribution is 2.29. The van der Waals surface area contributed by atoms with Crippen LogP contribution < -0.4 is 0 Å². The molecule has 0 unspecified atom stereocenters. The van der Waals surface area contributed by atoms with Gasteiger partial charge in [-0.05, 0) is 37.3 Å². The second kappa shape index (κ2) is 6.30. The molecule has 1 aromatic carbocycles. The Hall–Kier alpha value is -2.50. The van der Waals surface area contributed by atoms with Gasteiger partial charge in [-0.1, -0.05) is 12.1 Å². The van der Waals surface area contributed by atoms with Crippen molar-refractivity contribution in [3.05, 3.63) is 45.5 Å². The summed E-state index contributed by atoms with van der Waals surface area (Å²) in [5, 5.41) is 10.7. The van der Waals surface area contributed by atoms with Crippen molar-refractivity contribution in [2.45, 2.75) is 19.8 Å². The molecule has 0 aromatic heterocycles. The van der Waals surface area contributed by atoms with Crippen LogP contribution in [-0.2, 0) is 14.3 Å². The van der Waals surface area contributed by atoms with Crippen LogP contribution in [0.5, 0.6) is 0 Å². The molecule has 1 aliphatic rings. The Morgan fingerprint density at radius 3 is 2.71 bits per heavy atom. The Labute approximate surface area is 121 Å². The summed E-state index contributed by atoms with van der Waals surface area (Å²) in [7, 11) is 0. The highest BCUT2D eigenvalue weighted by Gasteiger charge is 2.25. The number of non-ortho nitro benzene ring substituents is 1. The molecule has 0 radical (unpaired) electrons. The molecule has 2 rings (SSSR count). The van der Waals surface area contributed by atoms with E-state index in [1.165, 1.54) is 31.2 Å². The van der Waals surface area contributed by atoms with Crippen molar-refractivity contribution in [1.82, 2.24) is 0 Å². The third kappa shape index (κ3) is 4.24. The zero-order valence-corrected chi connectivity index (χ0v) is 11.6. The summed E-state index contributed by atoms with van der Waals surface area (Å²) in [6.45, 7) is 1.58.